The van der Waals surface area contributed by atoms with E-state index in [4.69, 9.17) is 0 Å². The standard InChI is InChI=1S/C23H24BrN3O2/c1-3-16-8-10-17(11-9-16)22(28)26-12-14-27(15-13-26)23(29)21-20(24)18-6-4-5-7-19(18)25(21)2/h4-11H,3,12-15H2,1-2H3. The van der Waals surface area contributed by atoms with Gasteiger partial charge >= 0.3 is 0 Å². The molecular weight excluding hydrogens is 430 g/mol. The summed E-state index contributed by atoms with van der Waals surface area (Å²) in [6.07, 6.45) is 0.957. The largest absolute Gasteiger partial charge is 0.339 e. The predicted octanol–water partition coefficient (Wildman–Crippen LogP) is 4.10. The molecule has 5 nitrogen and oxygen atoms in total. The summed E-state index contributed by atoms with van der Waals surface area (Å²) in [5, 5.41) is 1.03. The van der Waals surface area contributed by atoms with Crippen molar-refractivity contribution in [3.05, 3.63) is 69.8 Å². The molecule has 2 heterocycles. The number of halogens is 1. The van der Waals surface area contributed by atoms with E-state index in [-0.39, 0.29) is 11.8 Å². The van der Waals surface area contributed by atoms with Crippen molar-refractivity contribution < 1.29 is 9.59 Å². The molecule has 6 heteroatoms. The van der Waals surface area contributed by atoms with Crippen LogP contribution in [0, 0.1) is 0 Å². The zero-order valence-electron chi connectivity index (χ0n) is 16.7. The SMILES string of the molecule is CCc1ccc(C(=O)N2CCN(C(=O)c3c(Br)c4ccccc4n3C)CC2)cc1. The Morgan fingerprint density at radius 2 is 1.48 bits per heavy atom. The highest BCUT2D eigenvalue weighted by atomic mass is 79.9. The van der Waals surface area contributed by atoms with E-state index in [1.54, 1.807) is 0 Å². The van der Waals surface area contributed by atoms with Crippen molar-refractivity contribution in [1.82, 2.24) is 14.4 Å². The van der Waals surface area contributed by atoms with Crippen LogP contribution in [0.2, 0.25) is 0 Å². The van der Waals surface area contributed by atoms with Crippen LogP contribution < -0.4 is 0 Å². The summed E-state index contributed by atoms with van der Waals surface area (Å²) < 4.78 is 2.77. The number of hydrogen-bond donors (Lipinski definition) is 0. The van der Waals surface area contributed by atoms with E-state index in [0.717, 1.165) is 21.8 Å². The second-order valence-electron chi connectivity index (χ2n) is 7.37. The third-order valence-electron chi connectivity index (χ3n) is 5.71. The summed E-state index contributed by atoms with van der Waals surface area (Å²) in [7, 11) is 1.92. The first-order valence-corrected chi connectivity index (χ1v) is 10.7. The second-order valence-corrected chi connectivity index (χ2v) is 8.17. The van der Waals surface area contributed by atoms with Crippen LogP contribution in [0.1, 0.15) is 33.3 Å². The Balaban J connectivity index is 1.47. The number of aryl methyl sites for hydroxylation is 2. The summed E-state index contributed by atoms with van der Waals surface area (Å²) in [6, 6.07) is 15.8. The summed E-state index contributed by atoms with van der Waals surface area (Å²) >= 11 is 3.61. The Labute approximate surface area is 179 Å². The van der Waals surface area contributed by atoms with Crippen LogP contribution in [0.5, 0.6) is 0 Å². The van der Waals surface area contributed by atoms with E-state index in [1.165, 1.54) is 5.56 Å². The van der Waals surface area contributed by atoms with E-state index in [2.05, 4.69) is 22.9 Å². The number of hydrogen-bond acceptors (Lipinski definition) is 2. The molecule has 0 unspecified atom stereocenters. The van der Waals surface area contributed by atoms with E-state index >= 15 is 0 Å². The number of carbonyl (C=O) groups excluding carboxylic acids is 2. The minimum absolute atomic E-state index is 0.00465. The van der Waals surface area contributed by atoms with E-state index < -0.39 is 0 Å². The third kappa shape index (κ3) is 3.57. The molecule has 3 aromatic rings. The van der Waals surface area contributed by atoms with Gasteiger partial charge in [0.25, 0.3) is 11.8 Å². The zero-order chi connectivity index (χ0) is 20.5. The number of carbonyl (C=O) groups is 2. The maximum absolute atomic E-state index is 13.2. The average molecular weight is 454 g/mol. The first-order valence-electron chi connectivity index (χ1n) is 9.91. The molecule has 0 bridgehead atoms. The quantitative estimate of drug-likeness (QED) is 0.598. The molecule has 2 aromatic carbocycles. The maximum atomic E-state index is 13.2. The number of benzene rings is 2. The van der Waals surface area contributed by atoms with Crippen LogP contribution in [-0.2, 0) is 13.5 Å². The molecule has 0 aliphatic carbocycles. The molecule has 0 radical (unpaired) electrons. The lowest BCUT2D eigenvalue weighted by Crippen LogP contribution is -2.50. The third-order valence-corrected chi connectivity index (χ3v) is 6.51. The Morgan fingerprint density at radius 1 is 0.897 bits per heavy atom. The molecule has 29 heavy (non-hydrogen) atoms. The lowest BCUT2D eigenvalue weighted by Gasteiger charge is -2.35. The molecule has 1 aromatic heterocycles. The predicted molar refractivity (Wildman–Crippen MR) is 118 cm³/mol. The fraction of sp³-hybridized carbons (Fsp3) is 0.304. The van der Waals surface area contributed by atoms with Gasteiger partial charge in [0.1, 0.15) is 5.69 Å². The summed E-state index contributed by atoms with van der Waals surface area (Å²) in [5.74, 6) is 0.0283. The maximum Gasteiger partial charge on any atom is 0.271 e. The minimum atomic E-state index is -0.00465. The molecule has 4 rings (SSSR count). The van der Waals surface area contributed by atoms with Crippen molar-refractivity contribution in [1.29, 1.82) is 0 Å². The van der Waals surface area contributed by atoms with Gasteiger partial charge in [-0.2, -0.15) is 0 Å². The lowest BCUT2D eigenvalue weighted by atomic mass is 10.1. The summed E-state index contributed by atoms with van der Waals surface area (Å²) in [6.45, 7) is 4.25. The van der Waals surface area contributed by atoms with Crippen LogP contribution in [0.4, 0.5) is 0 Å². The molecule has 0 atom stereocenters. The van der Waals surface area contributed by atoms with E-state index in [0.29, 0.717) is 37.4 Å². The van der Waals surface area contributed by atoms with Crippen molar-refractivity contribution >= 4 is 38.6 Å². The van der Waals surface area contributed by atoms with Crippen LogP contribution in [-0.4, -0.2) is 52.4 Å². The second kappa shape index (κ2) is 8.03. The van der Waals surface area contributed by atoms with Crippen LogP contribution in [0.3, 0.4) is 0 Å². The first-order chi connectivity index (χ1) is 14.0. The highest BCUT2D eigenvalue weighted by Gasteiger charge is 2.29. The average Bonchev–Trinajstić information content (AvgIpc) is 3.03. The van der Waals surface area contributed by atoms with Crippen molar-refractivity contribution in [3.63, 3.8) is 0 Å². The number of aromatic nitrogens is 1. The Kier molecular flexibility index (Phi) is 5.46. The van der Waals surface area contributed by atoms with Crippen LogP contribution in [0.25, 0.3) is 10.9 Å². The molecule has 0 saturated carbocycles. The van der Waals surface area contributed by atoms with Gasteiger partial charge in [0.2, 0.25) is 0 Å². The van der Waals surface area contributed by atoms with Gasteiger partial charge in [0.15, 0.2) is 0 Å². The van der Waals surface area contributed by atoms with Gasteiger partial charge < -0.3 is 14.4 Å². The van der Waals surface area contributed by atoms with Gasteiger partial charge in [0.05, 0.1) is 4.47 Å². The number of para-hydroxylation sites is 1. The highest BCUT2D eigenvalue weighted by Crippen LogP contribution is 2.31. The van der Waals surface area contributed by atoms with Gasteiger partial charge in [-0.3, -0.25) is 9.59 Å². The zero-order valence-corrected chi connectivity index (χ0v) is 18.3. The van der Waals surface area contributed by atoms with Gasteiger partial charge in [-0.25, -0.2) is 0 Å². The normalized spacial score (nSPS) is 14.4. The van der Waals surface area contributed by atoms with Gasteiger partial charge in [-0.15, -0.1) is 0 Å². The van der Waals surface area contributed by atoms with Crippen LogP contribution in [0.15, 0.2) is 53.0 Å². The molecule has 2 amide bonds. The van der Waals surface area contributed by atoms with Gasteiger partial charge in [0, 0.05) is 49.7 Å². The number of fused-ring (bicyclic) bond motifs is 1. The smallest absolute Gasteiger partial charge is 0.271 e. The van der Waals surface area contributed by atoms with Crippen LogP contribution >= 0.6 is 15.9 Å². The first kappa shape index (κ1) is 19.7. The topological polar surface area (TPSA) is 45.6 Å². The van der Waals surface area contributed by atoms with E-state index in [1.807, 2.05) is 69.9 Å². The van der Waals surface area contributed by atoms with Crippen molar-refractivity contribution in [3.8, 4) is 0 Å². The molecule has 0 N–H and O–H groups in total. The molecule has 0 spiro atoms. The molecular formula is C23H24BrN3O2. The fourth-order valence-corrected chi connectivity index (χ4v) is 4.68. The number of piperazine rings is 1. The Bertz CT molecular complexity index is 1020. The van der Waals surface area contributed by atoms with Gasteiger partial charge in [-0.1, -0.05) is 37.3 Å². The minimum Gasteiger partial charge on any atom is -0.339 e. The Hall–Kier alpha value is -2.60. The van der Waals surface area contributed by atoms with E-state index in [9.17, 15) is 9.59 Å². The van der Waals surface area contributed by atoms with Crippen molar-refractivity contribution in [2.75, 3.05) is 26.2 Å². The van der Waals surface area contributed by atoms with Crippen molar-refractivity contribution in [2.45, 2.75) is 13.3 Å². The molecule has 1 fully saturated rings. The Morgan fingerprint density at radius 3 is 2.07 bits per heavy atom. The number of nitrogens with zero attached hydrogens (tertiary/aromatic N) is 3. The monoisotopic (exact) mass is 453 g/mol. The molecule has 1 aliphatic rings. The summed E-state index contributed by atoms with van der Waals surface area (Å²) in [5.41, 5.74) is 3.60. The van der Waals surface area contributed by atoms with Gasteiger partial charge in [-0.05, 0) is 46.1 Å². The lowest BCUT2D eigenvalue weighted by molar-refractivity contribution is 0.0530. The fourth-order valence-electron chi connectivity index (χ4n) is 3.91. The molecule has 1 saturated heterocycles. The van der Waals surface area contributed by atoms with Crippen molar-refractivity contribution in [2.24, 2.45) is 7.05 Å². The molecule has 1 aliphatic heterocycles. The molecule has 150 valence electrons. The number of rotatable bonds is 3. The number of amides is 2. The summed E-state index contributed by atoms with van der Waals surface area (Å²) in [4.78, 5) is 29.7. The highest BCUT2D eigenvalue weighted by molar-refractivity contribution is 9.10.